The Hall–Kier alpha value is -2.61. The van der Waals surface area contributed by atoms with E-state index in [-0.39, 0.29) is 40.8 Å². The molecule has 2 aromatic rings. The molecule has 0 saturated heterocycles. The number of phenols is 2. The number of hydrogen-bond acceptors (Lipinski definition) is 6. The van der Waals surface area contributed by atoms with E-state index in [1.54, 1.807) is 24.3 Å². The van der Waals surface area contributed by atoms with Crippen molar-refractivity contribution in [2.24, 2.45) is 11.5 Å². The van der Waals surface area contributed by atoms with Gasteiger partial charge in [0.25, 0.3) is 0 Å². The summed E-state index contributed by atoms with van der Waals surface area (Å²) in [5.74, 6) is -1.72. The minimum atomic E-state index is -1.02. The van der Waals surface area contributed by atoms with Crippen molar-refractivity contribution in [1.29, 1.82) is 0 Å². The molecule has 0 spiro atoms. The number of carbonyl (C=O) groups is 2. The number of benzene rings is 2. The Morgan fingerprint density at radius 2 is 0.963 bits per heavy atom. The van der Waals surface area contributed by atoms with E-state index in [2.05, 4.69) is 0 Å². The van der Waals surface area contributed by atoms with Crippen molar-refractivity contribution in [1.82, 2.24) is 0 Å². The van der Waals surface area contributed by atoms with E-state index in [4.69, 9.17) is 31.9 Å². The number of hydrogen-bond donors (Lipinski definition) is 6. The third-order valence-electron chi connectivity index (χ3n) is 3.42. The minimum absolute atomic E-state index is 0. The zero-order valence-corrected chi connectivity index (χ0v) is 15.3. The standard InChI is InChI=1S/2C9H11NO3.Ni/c2*10-8(9(12)13)5-6-1-3-7(11)4-2-6;/h2*1-4,8,11H,5,10H2,(H,12,13);/t2*8-;/m00./s1. The van der Waals surface area contributed by atoms with Gasteiger partial charge < -0.3 is 31.9 Å². The molecule has 2 aromatic carbocycles. The van der Waals surface area contributed by atoms with Gasteiger partial charge >= 0.3 is 11.9 Å². The molecule has 2 atom stereocenters. The molecule has 0 unspecified atom stereocenters. The molecule has 0 aliphatic heterocycles. The Labute approximate surface area is 166 Å². The van der Waals surface area contributed by atoms with Crippen LogP contribution in [-0.2, 0) is 38.9 Å². The molecule has 0 aliphatic rings. The van der Waals surface area contributed by atoms with Crippen LogP contribution in [0.4, 0.5) is 0 Å². The molecule has 0 amide bonds. The van der Waals surface area contributed by atoms with Crippen molar-refractivity contribution >= 4 is 11.9 Å². The van der Waals surface area contributed by atoms with Gasteiger partial charge in [-0.3, -0.25) is 9.59 Å². The van der Waals surface area contributed by atoms with Gasteiger partial charge in [-0.25, -0.2) is 0 Å². The molecule has 0 bridgehead atoms. The van der Waals surface area contributed by atoms with Gasteiger partial charge in [0.15, 0.2) is 0 Å². The first kappa shape index (κ1) is 24.4. The smallest absolute Gasteiger partial charge is 0.320 e. The monoisotopic (exact) mass is 420 g/mol. The zero-order chi connectivity index (χ0) is 19.7. The summed E-state index contributed by atoms with van der Waals surface area (Å²) in [5, 5.41) is 35.0. The normalized spacial score (nSPS) is 11.9. The number of phenolic OH excluding ortho intramolecular Hbond substituents is 2. The topological polar surface area (TPSA) is 167 Å². The Morgan fingerprint density at radius 3 is 1.19 bits per heavy atom. The SMILES string of the molecule is N[C@@H](Cc1ccc(O)cc1)C(=O)O.N[C@@H](Cc1ccc(O)cc1)C(=O)O.[Ni]. The van der Waals surface area contributed by atoms with Gasteiger partial charge in [-0.2, -0.15) is 0 Å². The second-order valence-corrected chi connectivity index (χ2v) is 5.63. The van der Waals surface area contributed by atoms with Crippen LogP contribution in [0.5, 0.6) is 11.5 Å². The van der Waals surface area contributed by atoms with E-state index < -0.39 is 24.0 Å². The molecule has 0 heterocycles. The first-order chi connectivity index (χ1) is 12.2. The van der Waals surface area contributed by atoms with Crippen molar-refractivity contribution in [2.75, 3.05) is 0 Å². The first-order valence-electron chi connectivity index (χ1n) is 7.71. The summed E-state index contributed by atoms with van der Waals surface area (Å²) in [6.07, 6.45) is 0.547. The summed E-state index contributed by atoms with van der Waals surface area (Å²) in [7, 11) is 0. The Balaban J connectivity index is 0.000000483. The van der Waals surface area contributed by atoms with Gasteiger partial charge in [0.2, 0.25) is 0 Å². The largest absolute Gasteiger partial charge is 0.508 e. The minimum Gasteiger partial charge on any atom is -0.508 e. The van der Waals surface area contributed by atoms with Crippen LogP contribution in [0.1, 0.15) is 11.1 Å². The fourth-order valence-corrected chi connectivity index (χ4v) is 1.95. The Bertz CT molecular complexity index is 658. The quantitative estimate of drug-likeness (QED) is 0.371. The van der Waals surface area contributed by atoms with Crippen molar-refractivity contribution in [3.63, 3.8) is 0 Å². The number of carboxylic acids is 2. The number of nitrogens with two attached hydrogens (primary N) is 2. The van der Waals surface area contributed by atoms with Crippen LogP contribution in [0.3, 0.4) is 0 Å². The molecule has 2 rings (SSSR count). The van der Waals surface area contributed by atoms with Gasteiger partial charge in [-0.1, -0.05) is 24.3 Å². The van der Waals surface area contributed by atoms with Crippen molar-refractivity contribution < 1.29 is 46.5 Å². The van der Waals surface area contributed by atoms with E-state index >= 15 is 0 Å². The number of carboxylic acid groups (broad SMARTS) is 2. The third-order valence-corrected chi connectivity index (χ3v) is 3.42. The third kappa shape index (κ3) is 9.60. The Kier molecular flexibility index (Phi) is 10.8. The molecule has 0 radical (unpaired) electrons. The summed E-state index contributed by atoms with van der Waals surface area (Å²) >= 11 is 0. The summed E-state index contributed by atoms with van der Waals surface area (Å²) < 4.78 is 0. The number of rotatable bonds is 6. The fourth-order valence-electron chi connectivity index (χ4n) is 1.95. The van der Waals surface area contributed by atoms with E-state index in [9.17, 15) is 9.59 Å². The molecule has 0 aromatic heterocycles. The van der Waals surface area contributed by atoms with Gasteiger partial charge in [0.05, 0.1) is 0 Å². The summed E-state index contributed by atoms with van der Waals surface area (Å²) in [5.41, 5.74) is 12.2. The van der Waals surface area contributed by atoms with Crippen molar-refractivity contribution in [3.05, 3.63) is 59.7 Å². The van der Waals surface area contributed by atoms with Crippen LogP contribution in [0.15, 0.2) is 48.5 Å². The average molecular weight is 421 g/mol. The Morgan fingerprint density at radius 1 is 0.704 bits per heavy atom. The predicted octanol–water partition coefficient (Wildman–Crippen LogP) is 0.691. The number of aliphatic carboxylic acids is 2. The zero-order valence-electron chi connectivity index (χ0n) is 14.3. The van der Waals surface area contributed by atoms with Crippen LogP contribution >= 0.6 is 0 Å². The molecule has 150 valence electrons. The van der Waals surface area contributed by atoms with Crippen LogP contribution in [0, 0.1) is 0 Å². The maximum atomic E-state index is 10.4. The predicted molar refractivity (Wildman–Crippen MR) is 94.8 cm³/mol. The van der Waals surface area contributed by atoms with Crippen LogP contribution in [0.2, 0.25) is 0 Å². The van der Waals surface area contributed by atoms with Gasteiger partial charge in [-0.05, 0) is 48.2 Å². The maximum Gasteiger partial charge on any atom is 0.320 e. The maximum absolute atomic E-state index is 10.4. The van der Waals surface area contributed by atoms with E-state index in [0.29, 0.717) is 0 Å². The van der Waals surface area contributed by atoms with Gasteiger partial charge in [-0.15, -0.1) is 0 Å². The molecule has 0 fully saturated rings. The molecule has 9 heteroatoms. The van der Waals surface area contributed by atoms with Crippen molar-refractivity contribution in [2.45, 2.75) is 24.9 Å². The van der Waals surface area contributed by atoms with Gasteiger partial charge in [0.1, 0.15) is 23.6 Å². The summed E-state index contributed by atoms with van der Waals surface area (Å²) in [4.78, 5) is 20.8. The molecule has 8 N–H and O–H groups in total. The second kappa shape index (κ2) is 11.9. The molecule has 8 nitrogen and oxygen atoms in total. The summed E-state index contributed by atoms with van der Waals surface area (Å²) in [6, 6.07) is 10.8. The van der Waals surface area contributed by atoms with Crippen molar-refractivity contribution in [3.8, 4) is 11.5 Å². The van der Waals surface area contributed by atoms with E-state index in [1.165, 1.54) is 24.3 Å². The van der Waals surface area contributed by atoms with Crippen LogP contribution in [0.25, 0.3) is 0 Å². The molecular weight excluding hydrogens is 399 g/mol. The second-order valence-electron chi connectivity index (χ2n) is 5.63. The average Bonchev–Trinajstić information content (AvgIpc) is 2.59. The molecule has 0 aliphatic carbocycles. The molecule has 0 saturated carbocycles. The van der Waals surface area contributed by atoms with E-state index in [0.717, 1.165) is 11.1 Å². The first-order valence-corrected chi connectivity index (χ1v) is 7.71. The van der Waals surface area contributed by atoms with Crippen LogP contribution in [-0.4, -0.2) is 44.4 Å². The summed E-state index contributed by atoms with van der Waals surface area (Å²) in [6.45, 7) is 0. The van der Waals surface area contributed by atoms with Crippen LogP contribution < -0.4 is 11.5 Å². The molecule has 27 heavy (non-hydrogen) atoms. The molecular formula is C18H22N2NiO6. The van der Waals surface area contributed by atoms with E-state index in [1.807, 2.05) is 0 Å². The number of aromatic hydroxyl groups is 2. The fraction of sp³-hybridized carbons (Fsp3) is 0.222. The van der Waals surface area contributed by atoms with Gasteiger partial charge in [0, 0.05) is 16.5 Å².